The van der Waals surface area contributed by atoms with Gasteiger partial charge >= 0.3 is 0 Å². The van der Waals surface area contributed by atoms with Crippen LogP contribution >= 0.6 is 0 Å². The van der Waals surface area contributed by atoms with Gasteiger partial charge in [-0.3, -0.25) is 4.90 Å². The van der Waals surface area contributed by atoms with Crippen LogP contribution in [0.2, 0.25) is 0 Å². The van der Waals surface area contributed by atoms with Crippen LogP contribution in [0.3, 0.4) is 0 Å². The van der Waals surface area contributed by atoms with Crippen molar-refractivity contribution in [3.05, 3.63) is 0 Å². The molecule has 4 heteroatoms. The number of aliphatic hydroxyl groups is 1. The summed E-state index contributed by atoms with van der Waals surface area (Å²) in [6.45, 7) is 4.84. The van der Waals surface area contributed by atoms with Crippen molar-refractivity contribution in [2.24, 2.45) is 0 Å². The second kappa shape index (κ2) is 6.11. The van der Waals surface area contributed by atoms with E-state index in [-0.39, 0.29) is 18.4 Å². The maximum atomic E-state index is 10.7. The third kappa shape index (κ3) is 3.74. The van der Waals surface area contributed by atoms with Crippen molar-refractivity contribution in [3.8, 4) is 0 Å². The number of morpholine rings is 1. The van der Waals surface area contributed by atoms with Gasteiger partial charge in [0.25, 0.3) is 0 Å². The maximum absolute atomic E-state index is 10.7. The van der Waals surface area contributed by atoms with Crippen molar-refractivity contribution in [2.45, 2.75) is 25.8 Å². The Morgan fingerprint density at radius 3 is 3.07 bits per heavy atom. The van der Waals surface area contributed by atoms with Crippen LogP contribution in [0.5, 0.6) is 0 Å². The lowest BCUT2D eigenvalue weighted by Crippen LogP contribution is -2.47. The Morgan fingerprint density at radius 2 is 2.43 bits per heavy atom. The molecule has 1 heterocycles. The van der Waals surface area contributed by atoms with Crippen LogP contribution in [0.4, 0.5) is 0 Å². The number of Topliss-reactive ketones (excluding diaryl/α,β-unsaturated/α-hetero) is 1. The molecule has 82 valence electrons. The highest BCUT2D eigenvalue weighted by atomic mass is 16.5. The molecule has 1 atom stereocenters. The number of hydrogen-bond acceptors (Lipinski definition) is 4. The molecule has 0 aliphatic carbocycles. The molecule has 0 radical (unpaired) electrons. The van der Waals surface area contributed by atoms with E-state index in [4.69, 9.17) is 9.84 Å². The summed E-state index contributed by atoms with van der Waals surface area (Å²) in [7, 11) is 0. The molecule has 4 nitrogen and oxygen atoms in total. The first kappa shape index (κ1) is 11.6. The predicted molar refractivity (Wildman–Crippen MR) is 53.2 cm³/mol. The van der Waals surface area contributed by atoms with Gasteiger partial charge in [0.2, 0.25) is 0 Å². The summed E-state index contributed by atoms with van der Waals surface area (Å²) >= 11 is 0. The lowest BCUT2D eigenvalue weighted by molar-refractivity contribution is -0.117. The van der Waals surface area contributed by atoms with Gasteiger partial charge in [-0.15, -0.1) is 0 Å². The van der Waals surface area contributed by atoms with Gasteiger partial charge in [0.15, 0.2) is 0 Å². The molecule has 1 saturated heterocycles. The van der Waals surface area contributed by atoms with Gasteiger partial charge < -0.3 is 14.6 Å². The van der Waals surface area contributed by atoms with Gasteiger partial charge in [-0.2, -0.15) is 0 Å². The number of carbonyl (C=O) groups excluding carboxylic acids is 1. The van der Waals surface area contributed by atoms with E-state index < -0.39 is 0 Å². The Bertz CT molecular complexity index is 184. The standard InChI is InChI=1S/C10H19NO3/c1-9(13)3-2-4-11-5-6-14-8-10(11)7-12/h10,12H,2-8H2,1H3. The number of ether oxygens (including phenoxy) is 1. The normalized spacial score (nSPS) is 23.7. The Balaban J connectivity index is 2.22. The van der Waals surface area contributed by atoms with Gasteiger partial charge in [0, 0.05) is 13.0 Å². The molecule has 1 N–H and O–H groups in total. The minimum absolute atomic E-state index is 0.121. The zero-order valence-corrected chi connectivity index (χ0v) is 8.74. The second-order valence-corrected chi connectivity index (χ2v) is 3.75. The lowest BCUT2D eigenvalue weighted by Gasteiger charge is -2.34. The third-order valence-electron chi connectivity index (χ3n) is 2.53. The van der Waals surface area contributed by atoms with Gasteiger partial charge in [0.1, 0.15) is 5.78 Å². The fraction of sp³-hybridized carbons (Fsp3) is 0.900. The molecule has 14 heavy (non-hydrogen) atoms. The van der Waals surface area contributed by atoms with E-state index in [9.17, 15) is 4.79 Å². The molecule has 0 amide bonds. The predicted octanol–water partition coefficient (Wildman–Crippen LogP) is 0.0487. The summed E-state index contributed by atoms with van der Waals surface area (Å²) in [5.74, 6) is 0.235. The van der Waals surface area contributed by atoms with Crippen molar-refractivity contribution in [1.29, 1.82) is 0 Å². The van der Waals surface area contributed by atoms with E-state index in [2.05, 4.69) is 4.90 Å². The van der Waals surface area contributed by atoms with Crippen molar-refractivity contribution < 1.29 is 14.6 Å². The van der Waals surface area contributed by atoms with Crippen LogP contribution in [0.15, 0.2) is 0 Å². The van der Waals surface area contributed by atoms with Crippen LogP contribution < -0.4 is 0 Å². The molecule has 1 unspecified atom stereocenters. The molecule has 0 aromatic carbocycles. The van der Waals surface area contributed by atoms with Crippen molar-refractivity contribution in [1.82, 2.24) is 4.90 Å². The molecule has 1 fully saturated rings. The number of hydrogen-bond donors (Lipinski definition) is 1. The highest BCUT2D eigenvalue weighted by molar-refractivity contribution is 5.75. The summed E-state index contributed by atoms with van der Waals surface area (Å²) in [5, 5.41) is 9.08. The summed E-state index contributed by atoms with van der Waals surface area (Å²) in [6, 6.07) is 0.121. The average molecular weight is 201 g/mol. The molecule has 1 aliphatic rings. The van der Waals surface area contributed by atoms with Gasteiger partial charge in [-0.25, -0.2) is 0 Å². The molecular formula is C10H19NO3. The number of rotatable bonds is 5. The van der Waals surface area contributed by atoms with E-state index in [1.807, 2.05) is 0 Å². The van der Waals surface area contributed by atoms with Crippen molar-refractivity contribution in [2.75, 3.05) is 32.9 Å². The zero-order valence-electron chi connectivity index (χ0n) is 8.74. The van der Waals surface area contributed by atoms with Crippen LogP contribution in [-0.2, 0) is 9.53 Å². The Morgan fingerprint density at radius 1 is 1.64 bits per heavy atom. The van der Waals surface area contributed by atoms with Gasteiger partial charge in [-0.05, 0) is 19.9 Å². The Labute approximate surface area is 84.8 Å². The van der Waals surface area contributed by atoms with Crippen LogP contribution in [0.25, 0.3) is 0 Å². The highest BCUT2D eigenvalue weighted by Crippen LogP contribution is 2.07. The number of nitrogens with zero attached hydrogens (tertiary/aromatic N) is 1. The topological polar surface area (TPSA) is 49.8 Å². The van der Waals surface area contributed by atoms with Crippen LogP contribution in [0, 0.1) is 0 Å². The molecule has 1 rings (SSSR count). The van der Waals surface area contributed by atoms with Crippen LogP contribution in [-0.4, -0.2) is 54.7 Å². The SMILES string of the molecule is CC(=O)CCCN1CCOCC1CO. The van der Waals surface area contributed by atoms with E-state index >= 15 is 0 Å². The zero-order chi connectivity index (χ0) is 10.4. The van der Waals surface area contributed by atoms with E-state index in [0.717, 1.165) is 26.1 Å². The summed E-state index contributed by atoms with van der Waals surface area (Å²) in [4.78, 5) is 12.9. The minimum atomic E-state index is 0.121. The highest BCUT2D eigenvalue weighted by Gasteiger charge is 2.21. The average Bonchev–Trinajstić information content (AvgIpc) is 2.18. The van der Waals surface area contributed by atoms with E-state index in [0.29, 0.717) is 13.0 Å². The Hall–Kier alpha value is -0.450. The fourth-order valence-electron chi connectivity index (χ4n) is 1.68. The first-order chi connectivity index (χ1) is 6.74. The van der Waals surface area contributed by atoms with Crippen molar-refractivity contribution >= 4 is 5.78 Å². The first-order valence-corrected chi connectivity index (χ1v) is 5.16. The number of ketones is 1. The molecule has 1 aliphatic heterocycles. The molecule has 0 aromatic rings. The molecule has 0 spiro atoms. The van der Waals surface area contributed by atoms with Gasteiger partial charge in [-0.1, -0.05) is 0 Å². The largest absolute Gasteiger partial charge is 0.395 e. The lowest BCUT2D eigenvalue weighted by atomic mass is 10.2. The van der Waals surface area contributed by atoms with E-state index in [1.54, 1.807) is 6.92 Å². The van der Waals surface area contributed by atoms with Gasteiger partial charge in [0.05, 0.1) is 25.9 Å². The Kier molecular flexibility index (Phi) is 5.07. The summed E-state index contributed by atoms with van der Waals surface area (Å²) in [6.07, 6.45) is 1.52. The number of aliphatic hydroxyl groups excluding tert-OH is 1. The summed E-state index contributed by atoms with van der Waals surface area (Å²) < 4.78 is 5.26. The smallest absolute Gasteiger partial charge is 0.129 e. The number of carbonyl (C=O) groups is 1. The monoisotopic (exact) mass is 201 g/mol. The quantitative estimate of drug-likeness (QED) is 0.683. The maximum Gasteiger partial charge on any atom is 0.129 e. The minimum Gasteiger partial charge on any atom is -0.395 e. The summed E-state index contributed by atoms with van der Waals surface area (Å²) in [5.41, 5.74) is 0. The molecular weight excluding hydrogens is 182 g/mol. The first-order valence-electron chi connectivity index (χ1n) is 5.16. The fourth-order valence-corrected chi connectivity index (χ4v) is 1.68. The molecule has 0 aromatic heterocycles. The second-order valence-electron chi connectivity index (χ2n) is 3.75. The van der Waals surface area contributed by atoms with Crippen molar-refractivity contribution in [3.63, 3.8) is 0 Å². The van der Waals surface area contributed by atoms with Crippen LogP contribution in [0.1, 0.15) is 19.8 Å². The molecule has 0 saturated carbocycles. The molecule has 0 bridgehead atoms. The third-order valence-corrected chi connectivity index (χ3v) is 2.53. The van der Waals surface area contributed by atoms with E-state index in [1.165, 1.54) is 0 Å².